The second-order valence-electron chi connectivity index (χ2n) is 6.86. The third-order valence-corrected chi connectivity index (χ3v) is 5.59. The standard InChI is InChI=1S/C19H15F4N3OS2/c1-18(2)16(27)25(12-7-6-11(10-24)15(9-12)19(20,21)22)17(28)26(18)13-4-3-5-14(8-13)29-23/h3-9,17,28H,1-2H3. The van der Waals surface area contributed by atoms with Gasteiger partial charge in [-0.25, -0.2) is 0 Å². The Morgan fingerprint density at radius 1 is 1.17 bits per heavy atom. The van der Waals surface area contributed by atoms with Gasteiger partial charge in [-0.05, 0) is 50.2 Å². The number of rotatable bonds is 3. The van der Waals surface area contributed by atoms with Gasteiger partial charge in [-0.3, -0.25) is 9.69 Å². The molecule has 0 saturated carbocycles. The molecule has 0 spiro atoms. The number of thiol groups is 1. The highest BCUT2D eigenvalue weighted by molar-refractivity contribution is 7.94. The quantitative estimate of drug-likeness (QED) is 0.512. The maximum Gasteiger partial charge on any atom is 0.417 e. The van der Waals surface area contributed by atoms with Crippen LogP contribution >= 0.6 is 24.8 Å². The molecule has 0 bridgehead atoms. The third kappa shape index (κ3) is 3.65. The molecule has 10 heteroatoms. The second kappa shape index (κ2) is 7.46. The molecule has 29 heavy (non-hydrogen) atoms. The average Bonchev–Trinajstić information content (AvgIpc) is 2.85. The van der Waals surface area contributed by atoms with Crippen LogP contribution in [0.4, 0.5) is 28.4 Å². The normalized spacial score (nSPS) is 18.8. The Morgan fingerprint density at radius 3 is 2.45 bits per heavy atom. The Bertz CT molecular complexity index is 1000. The molecular formula is C19H15F4N3OS2. The van der Waals surface area contributed by atoms with E-state index in [1.165, 1.54) is 18.2 Å². The first-order valence-corrected chi connectivity index (χ1v) is 9.56. The first kappa shape index (κ1) is 21.3. The summed E-state index contributed by atoms with van der Waals surface area (Å²) in [6.07, 6.45) is -4.75. The maximum absolute atomic E-state index is 13.4. The molecule has 1 aliphatic rings. The van der Waals surface area contributed by atoms with Gasteiger partial charge >= 0.3 is 6.18 Å². The molecule has 0 aliphatic carbocycles. The van der Waals surface area contributed by atoms with Gasteiger partial charge < -0.3 is 4.90 Å². The fourth-order valence-corrected chi connectivity index (χ4v) is 4.26. The van der Waals surface area contributed by atoms with Crippen LogP contribution in [0.1, 0.15) is 25.0 Å². The van der Waals surface area contributed by atoms with Crippen molar-refractivity contribution in [1.29, 1.82) is 5.26 Å². The van der Waals surface area contributed by atoms with Crippen molar-refractivity contribution in [1.82, 2.24) is 0 Å². The van der Waals surface area contributed by atoms with Crippen LogP contribution in [-0.2, 0) is 11.0 Å². The van der Waals surface area contributed by atoms with Crippen molar-refractivity contribution < 1.29 is 21.9 Å². The number of hydrogen-bond acceptors (Lipinski definition) is 5. The van der Waals surface area contributed by atoms with Crippen molar-refractivity contribution in [2.24, 2.45) is 0 Å². The average molecular weight is 441 g/mol. The van der Waals surface area contributed by atoms with E-state index in [0.717, 1.165) is 17.0 Å². The first-order chi connectivity index (χ1) is 13.5. The highest BCUT2D eigenvalue weighted by Gasteiger charge is 2.51. The van der Waals surface area contributed by atoms with Crippen LogP contribution in [0.5, 0.6) is 0 Å². The Hall–Kier alpha value is -2.38. The molecule has 1 heterocycles. The van der Waals surface area contributed by atoms with Gasteiger partial charge in [0.1, 0.15) is 5.54 Å². The van der Waals surface area contributed by atoms with Crippen molar-refractivity contribution in [3.05, 3.63) is 53.6 Å². The maximum atomic E-state index is 13.4. The molecule has 2 aromatic rings. The number of amides is 1. The van der Waals surface area contributed by atoms with E-state index in [0.29, 0.717) is 10.6 Å². The van der Waals surface area contributed by atoms with Gasteiger partial charge in [-0.1, -0.05) is 6.07 Å². The second-order valence-corrected chi connectivity index (χ2v) is 7.95. The summed E-state index contributed by atoms with van der Waals surface area (Å²) in [5.74, 6) is -0.478. The molecular weight excluding hydrogens is 426 g/mol. The van der Waals surface area contributed by atoms with E-state index in [4.69, 9.17) is 5.26 Å². The summed E-state index contributed by atoms with van der Waals surface area (Å²) in [4.78, 5) is 16.2. The Labute approximate surface area is 174 Å². The van der Waals surface area contributed by atoms with E-state index < -0.39 is 34.2 Å². The summed E-state index contributed by atoms with van der Waals surface area (Å²) in [6, 6.07) is 11.0. The Kier molecular flexibility index (Phi) is 5.49. The molecule has 4 nitrogen and oxygen atoms in total. The lowest BCUT2D eigenvalue weighted by Crippen LogP contribution is -2.44. The van der Waals surface area contributed by atoms with Crippen LogP contribution in [0.3, 0.4) is 0 Å². The molecule has 0 aromatic heterocycles. The molecule has 0 radical (unpaired) electrons. The molecule has 2 aromatic carbocycles. The van der Waals surface area contributed by atoms with Crippen LogP contribution in [0.2, 0.25) is 0 Å². The number of benzene rings is 2. The zero-order chi connectivity index (χ0) is 21.6. The van der Waals surface area contributed by atoms with E-state index >= 15 is 0 Å². The number of nitrogens with zero attached hydrogens (tertiary/aromatic N) is 3. The summed E-state index contributed by atoms with van der Waals surface area (Å²) in [5, 5.41) is 8.98. The summed E-state index contributed by atoms with van der Waals surface area (Å²) in [6.45, 7) is 3.23. The zero-order valence-corrected chi connectivity index (χ0v) is 16.9. The zero-order valence-electron chi connectivity index (χ0n) is 15.2. The van der Waals surface area contributed by atoms with E-state index in [1.54, 1.807) is 36.9 Å². The lowest BCUT2D eigenvalue weighted by Gasteiger charge is -2.33. The SMILES string of the molecule is CC1(C)C(=O)N(c2ccc(C#N)c(C(F)(F)F)c2)C(S)N1c1cccc(SF)c1. The highest BCUT2D eigenvalue weighted by Crippen LogP contribution is 2.42. The van der Waals surface area contributed by atoms with E-state index in [2.05, 4.69) is 12.6 Å². The van der Waals surface area contributed by atoms with Gasteiger partial charge in [0, 0.05) is 16.3 Å². The highest BCUT2D eigenvalue weighted by atomic mass is 32.2. The van der Waals surface area contributed by atoms with Crippen molar-refractivity contribution in [3.8, 4) is 6.07 Å². The summed E-state index contributed by atoms with van der Waals surface area (Å²) >= 11 is 4.53. The monoisotopic (exact) mass is 441 g/mol. The van der Waals surface area contributed by atoms with Gasteiger partial charge in [-0.15, -0.1) is 12.6 Å². The lowest BCUT2D eigenvalue weighted by atomic mass is 10.0. The molecule has 3 rings (SSSR count). The number of nitriles is 1. The van der Waals surface area contributed by atoms with Crippen LogP contribution in [-0.4, -0.2) is 16.9 Å². The van der Waals surface area contributed by atoms with Gasteiger partial charge in [0.05, 0.1) is 29.3 Å². The van der Waals surface area contributed by atoms with Crippen LogP contribution in [0.25, 0.3) is 0 Å². The lowest BCUT2D eigenvalue weighted by molar-refractivity contribution is -0.137. The fourth-order valence-electron chi connectivity index (χ4n) is 3.31. The predicted molar refractivity (Wildman–Crippen MR) is 106 cm³/mol. The van der Waals surface area contributed by atoms with Gasteiger partial charge in [0.25, 0.3) is 5.91 Å². The Morgan fingerprint density at radius 2 is 1.86 bits per heavy atom. The predicted octanol–water partition coefficient (Wildman–Crippen LogP) is 5.40. The number of halogens is 4. The molecule has 1 saturated heterocycles. The Balaban J connectivity index is 2.10. The van der Waals surface area contributed by atoms with Crippen molar-refractivity contribution in [3.63, 3.8) is 0 Å². The van der Waals surface area contributed by atoms with E-state index in [-0.39, 0.29) is 17.8 Å². The van der Waals surface area contributed by atoms with Crippen LogP contribution < -0.4 is 9.80 Å². The number of anilines is 2. The molecule has 1 fully saturated rings. The minimum absolute atomic E-state index is 0.0343. The number of carbonyl (C=O) groups excluding carboxylic acids is 1. The van der Waals surface area contributed by atoms with Crippen LogP contribution in [0, 0.1) is 11.3 Å². The van der Waals surface area contributed by atoms with Gasteiger partial charge in [0.2, 0.25) is 0 Å². The molecule has 1 atom stereocenters. The summed E-state index contributed by atoms with van der Waals surface area (Å²) in [7, 11) is 0. The minimum Gasteiger partial charge on any atom is -0.328 e. The molecule has 1 amide bonds. The number of carbonyl (C=O) groups is 1. The summed E-state index contributed by atoms with van der Waals surface area (Å²) < 4.78 is 53.1. The molecule has 0 N–H and O–H groups in total. The van der Waals surface area contributed by atoms with E-state index in [9.17, 15) is 21.9 Å². The topological polar surface area (TPSA) is 47.3 Å². The minimum atomic E-state index is -4.75. The van der Waals surface area contributed by atoms with Crippen molar-refractivity contribution in [2.45, 2.75) is 36.0 Å². The molecule has 1 aliphatic heterocycles. The molecule has 1 unspecified atom stereocenters. The number of alkyl halides is 3. The van der Waals surface area contributed by atoms with Crippen LogP contribution in [0.15, 0.2) is 47.4 Å². The first-order valence-electron chi connectivity index (χ1n) is 8.33. The largest absolute Gasteiger partial charge is 0.417 e. The van der Waals surface area contributed by atoms with Gasteiger partial charge in [0.15, 0.2) is 5.50 Å². The summed E-state index contributed by atoms with van der Waals surface area (Å²) in [5.41, 5.74) is -3.29. The van der Waals surface area contributed by atoms with Crippen molar-refractivity contribution >= 4 is 42.1 Å². The van der Waals surface area contributed by atoms with Gasteiger partial charge in [-0.2, -0.15) is 22.3 Å². The van der Waals surface area contributed by atoms with Crippen molar-refractivity contribution in [2.75, 3.05) is 9.80 Å². The third-order valence-electron chi connectivity index (χ3n) is 4.70. The number of hydrogen-bond donors (Lipinski definition) is 1. The molecule has 152 valence electrons. The fraction of sp³-hybridized carbons (Fsp3) is 0.263. The van der Waals surface area contributed by atoms with E-state index in [1.807, 2.05) is 0 Å². The smallest absolute Gasteiger partial charge is 0.328 e.